The smallest absolute Gasteiger partial charge is 0.0510 e. The van der Waals surface area contributed by atoms with E-state index in [0.717, 1.165) is 0 Å². The summed E-state index contributed by atoms with van der Waals surface area (Å²) in [7, 11) is 4.19. The average molecular weight is 281 g/mol. The Morgan fingerprint density at radius 1 is 0.571 bits per heavy atom. The van der Waals surface area contributed by atoms with E-state index in [1.807, 2.05) is 0 Å². The Bertz CT molecular complexity index is 763. The van der Waals surface area contributed by atoms with Crippen LogP contribution in [0.1, 0.15) is 39.3 Å². The Morgan fingerprint density at radius 3 is 1.29 bits per heavy atom. The zero-order valence-electron chi connectivity index (χ0n) is 11.5. The van der Waals surface area contributed by atoms with E-state index in [1.165, 1.54) is 33.4 Å². The van der Waals surface area contributed by atoms with E-state index >= 15 is 0 Å². The predicted octanol–water partition coefficient (Wildman–Crippen LogP) is 3.95. The van der Waals surface area contributed by atoms with Gasteiger partial charge in [-0.3, -0.25) is 0 Å². The summed E-state index contributed by atoms with van der Waals surface area (Å²) < 4.78 is 0. The third kappa shape index (κ3) is 1.22. The van der Waals surface area contributed by atoms with Gasteiger partial charge in [0.25, 0.3) is 0 Å². The van der Waals surface area contributed by atoms with Crippen LogP contribution in [0.3, 0.4) is 0 Å². The van der Waals surface area contributed by atoms with Gasteiger partial charge in [-0.05, 0) is 33.4 Å². The first-order valence-corrected chi connectivity index (χ1v) is 7.85. The van der Waals surface area contributed by atoms with Gasteiger partial charge in [0.2, 0.25) is 0 Å². The quantitative estimate of drug-likeness (QED) is 0.547. The maximum Gasteiger partial charge on any atom is 0.0510 e. The predicted molar refractivity (Wildman–Crippen MR) is 85.9 cm³/mol. The third-order valence-electron chi connectivity index (χ3n) is 5.03. The standard InChI is InChI=1S/C20H13Si/c21-20-16-10-4-1-7-13(16)19(14-8-2-5-11-17(14)20)15-9-3-6-12-18(15)20/h1-12,19H. The second-order valence-electron chi connectivity index (χ2n) is 5.94. The van der Waals surface area contributed by atoms with Crippen molar-refractivity contribution in [1.29, 1.82) is 0 Å². The van der Waals surface area contributed by atoms with E-state index in [1.54, 1.807) is 0 Å². The van der Waals surface area contributed by atoms with Crippen molar-refractivity contribution in [2.24, 2.45) is 0 Å². The summed E-state index contributed by atoms with van der Waals surface area (Å²) >= 11 is 0. The molecule has 3 aromatic carbocycles. The van der Waals surface area contributed by atoms with Crippen molar-refractivity contribution in [2.75, 3.05) is 0 Å². The van der Waals surface area contributed by atoms with Gasteiger partial charge in [-0.1, -0.05) is 72.8 Å². The molecule has 3 aromatic rings. The summed E-state index contributed by atoms with van der Waals surface area (Å²) in [5.74, 6) is 0.367. The first-order valence-electron chi connectivity index (χ1n) is 7.35. The van der Waals surface area contributed by atoms with Crippen LogP contribution in [0.2, 0.25) is 0 Å². The molecule has 0 heterocycles. The van der Waals surface area contributed by atoms with Gasteiger partial charge in [-0.2, -0.15) is 0 Å². The van der Waals surface area contributed by atoms with Crippen LogP contribution in [-0.4, -0.2) is 10.2 Å². The molecule has 2 bridgehead atoms. The van der Waals surface area contributed by atoms with E-state index in [2.05, 4.69) is 83.0 Å². The van der Waals surface area contributed by atoms with Crippen LogP contribution in [0, 0.1) is 0 Å². The van der Waals surface area contributed by atoms with Crippen LogP contribution in [0.25, 0.3) is 0 Å². The van der Waals surface area contributed by atoms with Gasteiger partial charge >= 0.3 is 0 Å². The second kappa shape index (κ2) is 3.74. The molecular formula is C20H13Si. The summed E-state index contributed by atoms with van der Waals surface area (Å²) in [5, 5.41) is -0.210. The van der Waals surface area contributed by atoms with Crippen molar-refractivity contribution in [3.63, 3.8) is 0 Å². The number of rotatable bonds is 0. The number of hydrogen-bond donors (Lipinski definition) is 0. The Labute approximate surface area is 127 Å². The van der Waals surface area contributed by atoms with Crippen molar-refractivity contribution < 1.29 is 0 Å². The molecule has 0 atom stereocenters. The van der Waals surface area contributed by atoms with Crippen molar-refractivity contribution in [3.8, 4) is 0 Å². The average Bonchev–Trinajstić information content (AvgIpc) is 2.56. The highest BCUT2D eigenvalue weighted by Gasteiger charge is 2.48. The molecule has 0 saturated heterocycles. The topological polar surface area (TPSA) is 0 Å². The van der Waals surface area contributed by atoms with Gasteiger partial charge in [0.15, 0.2) is 0 Å². The molecule has 3 aliphatic carbocycles. The fraction of sp³-hybridized carbons (Fsp3) is 0.100. The van der Waals surface area contributed by atoms with E-state index in [0.29, 0.717) is 5.92 Å². The van der Waals surface area contributed by atoms with E-state index in [9.17, 15) is 0 Å². The van der Waals surface area contributed by atoms with Gasteiger partial charge in [0.1, 0.15) is 0 Å². The molecule has 0 aliphatic heterocycles. The molecule has 3 aliphatic rings. The normalized spacial score (nSPS) is 24.1. The molecule has 0 saturated carbocycles. The minimum atomic E-state index is -0.210. The first kappa shape index (κ1) is 11.5. The fourth-order valence-electron chi connectivity index (χ4n) is 4.21. The van der Waals surface area contributed by atoms with Crippen molar-refractivity contribution in [3.05, 3.63) is 106 Å². The van der Waals surface area contributed by atoms with Gasteiger partial charge in [0.05, 0.1) is 10.2 Å². The maximum atomic E-state index is 4.19. The molecule has 0 unspecified atom stereocenters. The number of benzene rings is 3. The highest BCUT2D eigenvalue weighted by molar-refractivity contribution is 6.22. The lowest BCUT2D eigenvalue weighted by molar-refractivity contribution is 0.704. The maximum absolute atomic E-state index is 4.19. The van der Waals surface area contributed by atoms with E-state index in [4.69, 9.17) is 0 Å². The lowest BCUT2D eigenvalue weighted by Crippen LogP contribution is -2.42. The van der Waals surface area contributed by atoms with Gasteiger partial charge < -0.3 is 0 Å². The van der Waals surface area contributed by atoms with Gasteiger partial charge in [0, 0.05) is 11.0 Å². The Morgan fingerprint density at radius 2 is 0.905 bits per heavy atom. The molecule has 97 valence electrons. The van der Waals surface area contributed by atoms with Gasteiger partial charge in [-0.25, -0.2) is 0 Å². The zero-order chi connectivity index (χ0) is 14.0. The lowest BCUT2D eigenvalue weighted by Gasteiger charge is -2.49. The second-order valence-corrected chi connectivity index (χ2v) is 6.69. The van der Waals surface area contributed by atoms with E-state index in [-0.39, 0.29) is 5.04 Å². The van der Waals surface area contributed by atoms with Crippen LogP contribution in [0.4, 0.5) is 0 Å². The molecule has 1 heteroatoms. The molecule has 0 amide bonds. The Kier molecular flexibility index (Phi) is 2.06. The molecular weight excluding hydrogens is 268 g/mol. The molecule has 21 heavy (non-hydrogen) atoms. The van der Waals surface area contributed by atoms with Crippen LogP contribution in [0.15, 0.2) is 72.8 Å². The van der Waals surface area contributed by atoms with E-state index < -0.39 is 0 Å². The van der Waals surface area contributed by atoms with Crippen LogP contribution < -0.4 is 0 Å². The Balaban J connectivity index is 2.00. The minimum absolute atomic E-state index is 0.210. The highest BCUT2D eigenvalue weighted by atomic mass is 28.1. The SMILES string of the molecule is [Si]C12c3ccccc3C(c3ccccc31)c1ccccc12. The molecule has 0 N–H and O–H groups in total. The fourth-order valence-corrected chi connectivity index (χ4v) is 4.89. The molecule has 0 spiro atoms. The minimum Gasteiger partial charge on any atom is -0.0619 e. The van der Waals surface area contributed by atoms with Crippen molar-refractivity contribution in [1.82, 2.24) is 0 Å². The Hall–Kier alpha value is -2.12. The van der Waals surface area contributed by atoms with Crippen LogP contribution in [0.5, 0.6) is 0 Å². The molecule has 3 radical (unpaired) electrons. The highest BCUT2D eigenvalue weighted by Crippen LogP contribution is 2.57. The number of hydrogen-bond acceptors (Lipinski definition) is 0. The van der Waals surface area contributed by atoms with Crippen molar-refractivity contribution >= 4 is 10.2 Å². The van der Waals surface area contributed by atoms with Crippen LogP contribution >= 0.6 is 0 Å². The summed E-state index contributed by atoms with van der Waals surface area (Å²) in [6.45, 7) is 0. The summed E-state index contributed by atoms with van der Waals surface area (Å²) in [6.07, 6.45) is 0. The summed E-state index contributed by atoms with van der Waals surface area (Å²) in [4.78, 5) is 0. The zero-order valence-corrected chi connectivity index (χ0v) is 12.5. The monoisotopic (exact) mass is 281 g/mol. The molecule has 6 rings (SSSR count). The van der Waals surface area contributed by atoms with Gasteiger partial charge in [-0.15, -0.1) is 0 Å². The van der Waals surface area contributed by atoms with Crippen molar-refractivity contribution in [2.45, 2.75) is 11.0 Å². The molecule has 0 fully saturated rings. The lowest BCUT2D eigenvalue weighted by atomic mass is 9.60. The molecule has 0 nitrogen and oxygen atoms in total. The molecule has 0 aromatic heterocycles. The summed E-state index contributed by atoms with van der Waals surface area (Å²) in [5.41, 5.74) is 8.48. The van der Waals surface area contributed by atoms with Crippen LogP contribution in [-0.2, 0) is 5.04 Å². The first-order chi connectivity index (χ1) is 10.3. The third-order valence-corrected chi connectivity index (χ3v) is 5.84. The summed E-state index contributed by atoms with van der Waals surface area (Å²) in [6, 6.07) is 26.5. The largest absolute Gasteiger partial charge is 0.0619 e.